The van der Waals surface area contributed by atoms with E-state index in [1.54, 1.807) is 12.3 Å². The second-order valence-corrected chi connectivity index (χ2v) is 2.05. The van der Waals surface area contributed by atoms with Crippen LogP contribution in [0.4, 0.5) is 0 Å². The van der Waals surface area contributed by atoms with Gasteiger partial charge in [0.15, 0.2) is 0 Å². The normalized spacial score (nSPS) is 8.80. The minimum absolute atomic E-state index is 0.366. The lowest BCUT2D eigenvalue weighted by Gasteiger charge is -1.94. The maximum absolute atomic E-state index is 8.50. The van der Waals surface area contributed by atoms with Gasteiger partial charge in [-0.2, -0.15) is 5.26 Å². The molecule has 1 aromatic rings. The molecule has 3 heteroatoms. The maximum Gasteiger partial charge on any atom is 0.101 e. The first kappa shape index (κ1) is 7.04. The summed E-state index contributed by atoms with van der Waals surface area (Å²) in [6.45, 7) is 0. The smallest absolute Gasteiger partial charge is 0.101 e. The Hall–Kier alpha value is -1.07. The van der Waals surface area contributed by atoms with E-state index < -0.39 is 0 Å². The number of nitriles is 1. The van der Waals surface area contributed by atoms with Crippen molar-refractivity contribution in [3.8, 4) is 6.07 Å². The van der Waals surface area contributed by atoms with Crippen molar-refractivity contribution in [1.29, 1.82) is 5.26 Å². The lowest BCUT2D eigenvalue weighted by atomic mass is 10.2. The predicted molar refractivity (Wildman–Crippen MR) is 38.5 cm³/mol. The Kier molecular flexibility index (Phi) is 2.24. The van der Waals surface area contributed by atoms with E-state index in [0.717, 1.165) is 5.56 Å². The van der Waals surface area contributed by atoms with Gasteiger partial charge in [-0.15, -0.1) is 11.6 Å². The van der Waals surface area contributed by atoms with Gasteiger partial charge in [0, 0.05) is 18.3 Å². The van der Waals surface area contributed by atoms with Crippen LogP contribution in [0.1, 0.15) is 11.1 Å². The van der Waals surface area contributed by atoms with Crippen molar-refractivity contribution < 1.29 is 0 Å². The third kappa shape index (κ3) is 1.26. The van der Waals surface area contributed by atoms with Crippen molar-refractivity contribution >= 4 is 11.6 Å². The molecule has 0 saturated heterocycles. The van der Waals surface area contributed by atoms with E-state index in [2.05, 4.69) is 4.98 Å². The number of hydrogen-bond acceptors (Lipinski definition) is 2. The fraction of sp³-hybridized carbons (Fsp3) is 0.143. The lowest BCUT2D eigenvalue weighted by molar-refractivity contribution is 1.24. The van der Waals surface area contributed by atoms with Crippen LogP contribution in [0, 0.1) is 11.3 Å². The molecular formula is C7H5ClN2. The molecule has 10 heavy (non-hydrogen) atoms. The Labute approximate surface area is 64.1 Å². The number of aromatic nitrogens is 1. The Morgan fingerprint density at radius 3 is 3.00 bits per heavy atom. The zero-order chi connectivity index (χ0) is 7.40. The molecule has 0 radical (unpaired) electrons. The summed E-state index contributed by atoms with van der Waals surface area (Å²) in [4.78, 5) is 3.78. The predicted octanol–water partition coefficient (Wildman–Crippen LogP) is 1.69. The quantitative estimate of drug-likeness (QED) is 0.575. The molecule has 1 rings (SSSR count). The largest absolute Gasteiger partial charge is 0.263 e. The Bertz CT molecular complexity index is 265. The van der Waals surface area contributed by atoms with Crippen molar-refractivity contribution in [2.24, 2.45) is 0 Å². The van der Waals surface area contributed by atoms with E-state index in [1.807, 2.05) is 6.07 Å². The van der Waals surface area contributed by atoms with Gasteiger partial charge in [-0.1, -0.05) is 0 Å². The Morgan fingerprint density at radius 1 is 1.70 bits per heavy atom. The standard InChI is InChI=1S/C7H5ClN2/c8-3-6-1-2-10-5-7(6)4-9/h1-2,5H,3H2. The van der Waals surface area contributed by atoms with Gasteiger partial charge in [-0.05, 0) is 11.6 Å². The van der Waals surface area contributed by atoms with Crippen molar-refractivity contribution in [2.75, 3.05) is 0 Å². The number of pyridine rings is 1. The van der Waals surface area contributed by atoms with Crippen LogP contribution in [0.2, 0.25) is 0 Å². The molecule has 1 aromatic heterocycles. The van der Waals surface area contributed by atoms with Crippen LogP contribution < -0.4 is 0 Å². The monoisotopic (exact) mass is 152 g/mol. The number of hydrogen-bond donors (Lipinski definition) is 0. The van der Waals surface area contributed by atoms with E-state index in [4.69, 9.17) is 16.9 Å². The summed E-state index contributed by atoms with van der Waals surface area (Å²) >= 11 is 5.53. The average Bonchev–Trinajstić information content (AvgIpc) is 2.04. The van der Waals surface area contributed by atoms with Crippen molar-refractivity contribution in [1.82, 2.24) is 4.98 Å². The van der Waals surface area contributed by atoms with E-state index in [-0.39, 0.29) is 0 Å². The molecule has 0 unspecified atom stereocenters. The minimum Gasteiger partial charge on any atom is -0.263 e. The first-order valence-electron chi connectivity index (χ1n) is 2.77. The topological polar surface area (TPSA) is 36.7 Å². The molecule has 0 N–H and O–H groups in total. The highest BCUT2D eigenvalue weighted by Gasteiger charge is 1.96. The molecule has 0 atom stereocenters. The van der Waals surface area contributed by atoms with Gasteiger partial charge in [0.2, 0.25) is 0 Å². The number of halogens is 1. The van der Waals surface area contributed by atoms with Crippen LogP contribution in [0.3, 0.4) is 0 Å². The van der Waals surface area contributed by atoms with Crippen LogP contribution in [0.25, 0.3) is 0 Å². The third-order valence-electron chi connectivity index (χ3n) is 1.18. The average molecular weight is 153 g/mol. The second kappa shape index (κ2) is 3.19. The number of nitrogens with zero attached hydrogens (tertiary/aromatic N) is 2. The fourth-order valence-electron chi connectivity index (χ4n) is 0.640. The van der Waals surface area contributed by atoms with Gasteiger partial charge in [-0.3, -0.25) is 4.98 Å². The Balaban J connectivity index is 3.12. The SMILES string of the molecule is N#Cc1cnccc1CCl. The molecule has 0 bridgehead atoms. The lowest BCUT2D eigenvalue weighted by Crippen LogP contribution is -1.85. The highest BCUT2D eigenvalue weighted by atomic mass is 35.5. The van der Waals surface area contributed by atoms with Crippen molar-refractivity contribution in [3.63, 3.8) is 0 Å². The molecule has 1 heterocycles. The molecule has 2 nitrogen and oxygen atoms in total. The van der Waals surface area contributed by atoms with E-state index in [9.17, 15) is 0 Å². The molecular weight excluding hydrogens is 148 g/mol. The van der Waals surface area contributed by atoms with Gasteiger partial charge in [-0.25, -0.2) is 0 Å². The first-order valence-corrected chi connectivity index (χ1v) is 3.31. The first-order chi connectivity index (χ1) is 4.88. The van der Waals surface area contributed by atoms with Crippen LogP contribution in [-0.2, 0) is 5.88 Å². The van der Waals surface area contributed by atoms with Gasteiger partial charge >= 0.3 is 0 Å². The summed E-state index contributed by atoms with van der Waals surface area (Å²) in [5.74, 6) is 0.366. The van der Waals surface area contributed by atoms with Crippen molar-refractivity contribution in [2.45, 2.75) is 5.88 Å². The van der Waals surface area contributed by atoms with E-state index in [1.165, 1.54) is 6.20 Å². The summed E-state index contributed by atoms with van der Waals surface area (Å²) < 4.78 is 0. The molecule has 50 valence electrons. The van der Waals surface area contributed by atoms with Crippen LogP contribution in [0.5, 0.6) is 0 Å². The van der Waals surface area contributed by atoms with E-state index in [0.29, 0.717) is 11.4 Å². The van der Waals surface area contributed by atoms with Crippen molar-refractivity contribution in [3.05, 3.63) is 29.6 Å². The molecule has 0 aliphatic rings. The van der Waals surface area contributed by atoms with Gasteiger partial charge in [0.05, 0.1) is 5.56 Å². The third-order valence-corrected chi connectivity index (χ3v) is 1.46. The number of alkyl halides is 1. The van der Waals surface area contributed by atoms with Crippen LogP contribution in [-0.4, -0.2) is 4.98 Å². The maximum atomic E-state index is 8.50. The van der Waals surface area contributed by atoms with Gasteiger partial charge in [0.1, 0.15) is 6.07 Å². The summed E-state index contributed by atoms with van der Waals surface area (Å²) in [6.07, 6.45) is 3.14. The van der Waals surface area contributed by atoms with E-state index >= 15 is 0 Å². The Morgan fingerprint density at radius 2 is 2.50 bits per heavy atom. The van der Waals surface area contributed by atoms with Crippen LogP contribution in [0.15, 0.2) is 18.5 Å². The fourth-order valence-corrected chi connectivity index (χ4v) is 0.874. The molecule has 0 fully saturated rings. The zero-order valence-corrected chi connectivity index (χ0v) is 5.97. The van der Waals surface area contributed by atoms with Crippen LogP contribution >= 0.6 is 11.6 Å². The second-order valence-electron chi connectivity index (χ2n) is 1.78. The summed E-state index contributed by atoms with van der Waals surface area (Å²) in [5, 5.41) is 8.50. The van der Waals surface area contributed by atoms with Gasteiger partial charge < -0.3 is 0 Å². The minimum atomic E-state index is 0.366. The molecule has 0 aliphatic carbocycles. The molecule has 0 aliphatic heterocycles. The summed E-state index contributed by atoms with van der Waals surface area (Å²) in [7, 11) is 0. The molecule has 0 amide bonds. The molecule has 0 spiro atoms. The zero-order valence-electron chi connectivity index (χ0n) is 5.21. The summed E-state index contributed by atoms with van der Waals surface area (Å²) in [5.41, 5.74) is 1.39. The molecule has 0 aromatic carbocycles. The highest BCUT2D eigenvalue weighted by molar-refractivity contribution is 6.17. The summed E-state index contributed by atoms with van der Waals surface area (Å²) in [6, 6.07) is 3.74. The van der Waals surface area contributed by atoms with Gasteiger partial charge in [0.25, 0.3) is 0 Å². The highest BCUT2D eigenvalue weighted by Crippen LogP contribution is 2.07. The number of rotatable bonds is 1. The molecule has 0 saturated carbocycles.